The van der Waals surface area contributed by atoms with Gasteiger partial charge in [0.1, 0.15) is 0 Å². The molecule has 0 fully saturated rings. The summed E-state index contributed by atoms with van der Waals surface area (Å²) >= 11 is 15.9. The Hall–Kier alpha value is -0.540. The van der Waals surface area contributed by atoms with Gasteiger partial charge in [-0.1, -0.05) is 57.3 Å². The van der Waals surface area contributed by atoms with Gasteiger partial charge in [-0.3, -0.25) is 0 Å². The Morgan fingerprint density at radius 3 is 2.10 bits per heavy atom. The molecular formula is C16H16BrCl2N. The van der Waals surface area contributed by atoms with Gasteiger partial charge in [-0.2, -0.15) is 0 Å². The second-order valence-corrected chi connectivity index (χ2v) is 6.57. The van der Waals surface area contributed by atoms with E-state index in [9.17, 15) is 0 Å². The third-order valence-electron chi connectivity index (χ3n) is 3.33. The zero-order valence-electron chi connectivity index (χ0n) is 11.0. The van der Waals surface area contributed by atoms with Crippen LogP contribution in [0.5, 0.6) is 0 Å². The summed E-state index contributed by atoms with van der Waals surface area (Å²) in [5, 5.41) is 1.43. The molecule has 0 saturated heterocycles. The normalized spacial score (nSPS) is 12.4. The summed E-state index contributed by atoms with van der Waals surface area (Å²) in [6, 6.07) is 13.9. The lowest BCUT2D eigenvalue weighted by atomic mass is 9.92. The van der Waals surface area contributed by atoms with E-state index in [1.54, 1.807) is 0 Å². The highest BCUT2D eigenvalue weighted by molar-refractivity contribution is 9.10. The van der Waals surface area contributed by atoms with Crippen molar-refractivity contribution in [3.63, 3.8) is 0 Å². The van der Waals surface area contributed by atoms with Gasteiger partial charge < -0.3 is 5.73 Å². The van der Waals surface area contributed by atoms with Gasteiger partial charge in [0.05, 0.1) is 0 Å². The van der Waals surface area contributed by atoms with Crippen LogP contribution in [0.3, 0.4) is 0 Å². The van der Waals surface area contributed by atoms with Crippen LogP contribution < -0.4 is 5.73 Å². The van der Waals surface area contributed by atoms with E-state index in [4.69, 9.17) is 28.9 Å². The highest BCUT2D eigenvalue weighted by Crippen LogP contribution is 2.27. The van der Waals surface area contributed by atoms with Gasteiger partial charge in [0.15, 0.2) is 0 Å². The molecule has 2 aromatic carbocycles. The average Bonchev–Trinajstić information content (AvgIpc) is 2.44. The van der Waals surface area contributed by atoms with Crippen molar-refractivity contribution in [2.75, 3.05) is 6.54 Å². The third kappa shape index (κ3) is 4.23. The minimum Gasteiger partial charge on any atom is -0.330 e. The molecule has 0 aliphatic rings. The fourth-order valence-corrected chi connectivity index (χ4v) is 3.02. The van der Waals surface area contributed by atoms with Crippen LogP contribution in [-0.4, -0.2) is 6.54 Å². The van der Waals surface area contributed by atoms with E-state index in [-0.39, 0.29) is 0 Å². The van der Waals surface area contributed by atoms with Gasteiger partial charge in [-0.05, 0) is 60.7 Å². The molecule has 1 nitrogen and oxygen atoms in total. The van der Waals surface area contributed by atoms with E-state index in [1.807, 2.05) is 30.3 Å². The van der Waals surface area contributed by atoms with Crippen LogP contribution in [0, 0.1) is 5.92 Å². The Morgan fingerprint density at radius 1 is 0.950 bits per heavy atom. The maximum atomic E-state index is 6.22. The number of hydrogen-bond donors (Lipinski definition) is 1. The van der Waals surface area contributed by atoms with E-state index in [0.29, 0.717) is 22.5 Å². The molecule has 0 radical (unpaired) electrons. The summed E-state index contributed by atoms with van der Waals surface area (Å²) in [6.45, 7) is 0.609. The Morgan fingerprint density at radius 2 is 1.55 bits per heavy atom. The van der Waals surface area contributed by atoms with Crippen LogP contribution in [0.2, 0.25) is 10.0 Å². The summed E-state index contributed by atoms with van der Waals surface area (Å²) in [6.07, 6.45) is 1.72. The van der Waals surface area contributed by atoms with E-state index < -0.39 is 0 Å². The zero-order valence-corrected chi connectivity index (χ0v) is 14.0. The first-order chi connectivity index (χ1) is 9.60. The third-order valence-corrected chi connectivity index (χ3v) is 4.56. The van der Waals surface area contributed by atoms with Crippen LogP contribution in [0.15, 0.2) is 46.9 Å². The maximum absolute atomic E-state index is 6.22. The number of hydrogen-bond acceptors (Lipinski definition) is 1. The Labute approximate surface area is 138 Å². The molecule has 2 rings (SSSR count). The molecule has 0 bridgehead atoms. The first-order valence-electron chi connectivity index (χ1n) is 6.47. The molecule has 0 spiro atoms. The smallest absolute Gasteiger partial charge is 0.0452 e. The van der Waals surface area contributed by atoms with Crippen molar-refractivity contribution in [2.45, 2.75) is 12.8 Å². The monoisotopic (exact) mass is 371 g/mol. The second kappa shape index (κ2) is 7.46. The van der Waals surface area contributed by atoms with E-state index in [1.165, 1.54) is 5.56 Å². The van der Waals surface area contributed by atoms with Crippen LogP contribution in [0.25, 0.3) is 0 Å². The minimum absolute atomic E-state index is 0.327. The molecule has 0 amide bonds. The van der Waals surface area contributed by atoms with E-state index in [2.05, 4.69) is 28.1 Å². The maximum Gasteiger partial charge on any atom is 0.0452 e. The molecule has 1 atom stereocenters. The second-order valence-electron chi connectivity index (χ2n) is 4.84. The molecule has 0 aliphatic heterocycles. The number of benzene rings is 2. The van der Waals surface area contributed by atoms with Crippen molar-refractivity contribution in [2.24, 2.45) is 11.7 Å². The Bertz CT molecular complexity index is 549. The number of halogens is 3. The Kier molecular flexibility index (Phi) is 5.91. The van der Waals surface area contributed by atoms with Crippen molar-refractivity contribution < 1.29 is 0 Å². The van der Waals surface area contributed by atoms with Crippen molar-refractivity contribution >= 4 is 39.1 Å². The summed E-state index contributed by atoms with van der Waals surface area (Å²) in [5.74, 6) is 0.327. The van der Waals surface area contributed by atoms with Crippen molar-refractivity contribution in [1.29, 1.82) is 0 Å². The first kappa shape index (κ1) is 15.8. The average molecular weight is 373 g/mol. The largest absolute Gasteiger partial charge is 0.330 e. The van der Waals surface area contributed by atoms with Crippen molar-refractivity contribution in [1.82, 2.24) is 0 Å². The molecule has 2 N–H and O–H groups in total. The van der Waals surface area contributed by atoms with E-state index in [0.717, 1.165) is 22.9 Å². The Balaban J connectivity index is 2.11. The quantitative estimate of drug-likeness (QED) is 0.774. The molecule has 1 unspecified atom stereocenters. The van der Waals surface area contributed by atoms with Gasteiger partial charge in [0.2, 0.25) is 0 Å². The summed E-state index contributed by atoms with van der Waals surface area (Å²) < 4.78 is 1.08. The zero-order chi connectivity index (χ0) is 14.5. The van der Waals surface area contributed by atoms with Crippen LogP contribution in [0.4, 0.5) is 0 Å². The summed E-state index contributed by atoms with van der Waals surface area (Å²) in [7, 11) is 0. The van der Waals surface area contributed by atoms with Gasteiger partial charge in [0, 0.05) is 14.5 Å². The molecule has 20 heavy (non-hydrogen) atoms. The van der Waals surface area contributed by atoms with Crippen LogP contribution >= 0.6 is 39.1 Å². The van der Waals surface area contributed by atoms with Gasteiger partial charge >= 0.3 is 0 Å². The molecule has 4 heteroatoms. The molecule has 0 heterocycles. The van der Waals surface area contributed by atoms with Gasteiger partial charge in [-0.15, -0.1) is 0 Å². The highest BCUT2D eigenvalue weighted by Gasteiger charge is 2.13. The molecule has 0 saturated carbocycles. The van der Waals surface area contributed by atoms with Crippen molar-refractivity contribution in [3.8, 4) is 0 Å². The standard InChI is InChI=1S/C16H16BrCl2N/c17-13-6-4-11(5-7-13)8-12(10-20)9-14-15(18)2-1-3-16(14)19/h1-7,12H,8-10,20H2. The van der Waals surface area contributed by atoms with E-state index >= 15 is 0 Å². The lowest BCUT2D eigenvalue weighted by Gasteiger charge is -2.17. The molecule has 106 valence electrons. The first-order valence-corrected chi connectivity index (χ1v) is 8.02. The minimum atomic E-state index is 0.327. The molecular weight excluding hydrogens is 357 g/mol. The van der Waals surface area contributed by atoms with Gasteiger partial charge in [0.25, 0.3) is 0 Å². The fraction of sp³-hybridized carbons (Fsp3) is 0.250. The fourth-order valence-electron chi connectivity index (χ4n) is 2.21. The predicted molar refractivity (Wildman–Crippen MR) is 90.6 cm³/mol. The van der Waals surface area contributed by atoms with Crippen LogP contribution in [-0.2, 0) is 12.8 Å². The highest BCUT2D eigenvalue weighted by atomic mass is 79.9. The lowest BCUT2D eigenvalue weighted by Crippen LogP contribution is -2.19. The molecule has 0 aromatic heterocycles. The number of nitrogens with two attached hydrogens (primary N) is 1. The lowest BCUT2D eigenvalue weighted by molar-refractivity contribution is 0.533. The van der Waals surface area contributed by atoms with Crippen molar-refractivity contribution in [3.05, 3.63) is 68.1 Å². The number of rotatable bonds is 5. The summed E-state index contributed by atoms with van der Waals surface area (Å²) in [4.78, 5) is 0. The van der Waals surface area contributed by atoms with Crippen LogP contribution in [0.1, 0.15) is 11.1 Å². The molecule has 2 aromatic rings. The molecule has 0 aliphatic carbocycles. The predicted octanol–water partition coefficient (Wildman–Crippen LogP) is 5.12. The topological polar surface area (TPSA) is 26.0 Å². The summed E-state index contributed by atoms with van der Waals surface area (Å²) in [5.41, 5.74) is 8.16. The SMILES string of the molecule is NCC(Cc1ccc(Br)cc1)Cc1c(Cl)cccc1Cl. The van der Waals surface area contributed by atoms with Gasteiger partial charge in [-0.25, -0.2) is 0 Å².